The fourth-order valence-electron chi connectivity index (χ4n) is 3.51. The van der Waals surface area contributed by atoms with Gasteiger partial charge in [0.25, 0.3) is 15.6 Å². The summed E-state index contributed by atoms with van der Waals surface area (Å²) in [6, 6.07) is 8.36. The minimum atomic E-state index is -5.08. The first-order valence-electron chi connectivity index (χ1n) is 10.4. The number of anilines is 2. The standard InChI is InChI=1S/C22H19F3N6O4S/c1-12(2)31-19-14(11-28-21(26)29-19)9-15(20(31)32)13-7-8-18(27-10-13)30-36(33,34)17-6-4-3-5-16(17)35-22(23,24)25/h3-12H,1-2H3,(H,27,30)(H2,26,28,29). The van der Waals surface area contributed by atoms with Crippen LogP contribution in [0.25, 0.3) is 22.2 Å². The van der Waals surface area contributed by atoms with Crippen LogP contribution in [0.15, 0.2) is 64.5 Å². The number of fused-ring (bicyclic) bond motifs is 1. The molecule has 0 aliphatic carbocycles. The van der Waals surface area contributed by atoms with E-state index in [1.54, 1.807) is 19.9 Å². The normalized spacial score (nSPS) is 12.2. The molecule has 0 unspecified atom stereocenters. The van der Waals surface area contributed by atoms with E-state index in [0.29, 0.717) is 16.6 Å². The van der Waals surface area contributed by atoms with Crippen LogP contribution in [0.5, 0.6) is 5.75 Å². The number of hydrogen-bond donors (Lipinski definition) is 2. The number of nitrogens with two attached hydrogens (primary N) is 1. The Morgan fingerprint density at radius 2 is 1.81 bits per heavy atom. The Labute approximate surface area is 202 Å². The number of nitrogen functional groups attached to an aromatic ring is 1. The Kier molecular flexibility index (Phi) is 6.30. The van der Waals surface area contributed by atoms with Crippen molar-refractivity contribution in [1.82, 2.24) is 19.5 Å². The summed E-state index contributed by atoms with van der Waals surface area (Å²) in [4.78, 5) is 24.6. The molecular weight excluding hydrogens is 501 g/mol. The average Bonchev–Trinajstić information content (AvgIpc) is 2.78. The van der Waals surface area contributed by atoms with E-state index in [1.807, 2.05) is 0 Å². The van der Waals surface area contributed by atoms with Crippen molar-refractivity contribution < 1.29 is 26.3 Å². The Hall–Kier alpha value is -4.20. The quantitative estimate of drug-likeness (QED) is 0.392. The summed E-state index contributed by atoms with van der Waals surface area (Å²) in [5.74, 6) is -1.05. The highest BCUT2D eigenvalue weighted by Crippen LogP contribution is 2.30. The molecule has 0 aliphatic heterocycles. The maximum atomic E-state index is 13.2. The van der Waals surface area contributed by atoms with Gasteiger partial charge in [-0.15, -0.1) is 13.2 Å². The van der Waals surface area contributed by atoms with Gasteiger partial charge in [-0.2, -0.15) is 4.98 Å². The van der Waals surface area contributed by atoms with Gasteiger partial charge in [-0.3, -0.25) is 14.1 Å². The van der Waals surface area contributed by atoms with Gasteiger partial charge in [0, 0.05) is 34.9 Å². The van der Waals surface area contributed by atoms with Gasteiger partial charge in [0.2, 0.25) is 5.95 Å². The largest absolute Gasteiger partial charge is 0.573 e. The molecule has 0 amide bonds. The molecule has 4 rings (SSSR count). The van der Waals surface area contributed by atoms with E-state index in [9.17, 15) is 26.4 Å². The first-order valence-corrected chi connectivity index (χ1v) is 11.9. The number of ether oxygens (including phenoxy) is 1. The van der Waals surface area contributed by atoms with Gasteiger partial charge in [0.1, 0.15) is 22.1 Å². The smallest absolute Gasteiger partial charge is 0.404 e. The first kappa shape index (κ1) is 24.9. The number of benzene rings is 1. The zero-order valence-corrected chi connectivity index (χ0v) is 19.6. The summed E-state index contributed by atoms with van der Waals surface area (Å²) < 4.78 is 70.9. The number of pyridine rings is 2. The summed E-state index contributed by atoms with van der Waals surface area (Å²) in [6.45, 7) is 3.61. The number of hydrogen-bond acceptors (Lipinski definition) is 8. The number of rotatable bonds is 6. The fraction of sp³-hybridized carbons (Fsp3) is 0.182. The molecule has 0 saturated heterocycles. The van der Waals surface area contributed by atoms with Gasteiger partial charge in [-0.05, 0) is 44.2 Å². The van der Waals surface area contributed by atoms with Crippen molar-refractivity contribution in [3.63, 3.8) is 0 Å². The van der Waals surface area contributed by atoms with Crippen LogP contribution in [0, 0.1) is 0 Å². The van der Waals surface area contributed by atoms with E-state index in [0.717, 1.165) is 12.1 Å². The SMILES string of the molecule is CC(C)n1c(=O)c(-c2ccc(NS(=O)(=O)c3ccccc3OC(F)(F)F)nc2)cc2cnc(N)nc21. The lowest BCUT2D eigenvalue weighted by Crippen LogP contribution is -2.25. The lowest BCUT2D eigenvalue weighted by atomic mass is 10.1. The topological polar surface area (TPSA) is 142 Å². The minimum absolute atomic E-state index is 0.0181. The minimum Gasteiger partial charge on any atom is -0.404 e. The summed E-state index contributed by atoms with van der Waals surface area (Å²) >= 11 is 0. The third-order valence-corrected chi connectivity index (χ3v) is 6.38. The van der Waals surface area contributed by atoms with E-state index in [4.69, 9.17) is 5.73 Å². The molecule has 0 bridgehead atoms. The van der Waals surface area contributed by atoms with Gasteiger partial charge in [0.05, 0.1) is 0 Å². The van der Waals surface area contributed by atoms with Crippen LogP contribution in [0.3, 0.4) is 0 Å². The van der Waals surface area contributed by atoms with E-state index >= 15 is 0 Å². The maximum absolute atomic E-state index is 13.2. The number of aromatic nitrogens is 4. The summed E-state index contributed by atoms with van der Waals surface area (Å²) in [5, 5.41) is 0.554. The molecule has 0 atom stereocenters. The summed E-state index contributed by atoms with van der Waals surface area (Å²) in [7, 11) is -4.48. The molecule has 10 nitrogen and oxygen atoms in total. The molecule has 0 fully saturated rings. The highest BCUT2D eigenvalue weighted by atomic mass is 32.2. The highest BCUT2D eigenvalue weighted by molar-refractivity contribution is 7.92. The van der Waals surface area contributed by atoms with Crippen LogP contribution in [-0.2, 0) is 10.0 Å². The zero-order valence-electron chi connectivity index (χ0n) is 18.8. The second-order valence-corrected chi connectivity index (χ2v) is 9.52. The van der Waals surface area contributed by atoms with Crippen molar-refractivity contribution in [3.05, 3.63) is 65.2 Å². The van der Waals surface area contributed by atoms with Gasteiger partial charge >= 0.3 is 6.36 Å². The van der Waals surface area contributed by atoms with Crippen molar-refractivity contribution in [2.45, 2.75) is 31.1 Å². The number of nitrogens with one attached hydrogen (secondary N) is 1. The van der Waals surface area contributed by atoms with Crippen molar-refractivity contribution >= 4 is 32.8 Å². The van der Waals surface area contributed by atoms with Crippen molar-refractivity contribution in [1.29, 1.82) is 0 Å². The predicted octanol–water partition coefficient (Wildman–Crippen LogP) is 3.72. The Balaban J connectivity index is 1.69. The third kappa shape index (κ3) is 5.07. The third-order valence-electron chi connectivity index (χ3n) is 4.99. The number of para-hydroxylation sites is 1. The molecule has 4 aromatic rings. The van der Waals surface area contributed by atoms with Gasteiger partial charge in [-0.25, -0.2) is 18.4 Å². The van der Waals surface area contributed by atoms with Crippen molar-refractivity contribution in [3.8, 4) is 16.9 Å². The monoisotopic (exact) mass is 520 g/mol. The zero-order chi connectivity index (χ0) is 26.3. The Morgan fingerprint density at radius 3 is 2.44 bits per heavy atom. The molecule has 1 aromatic carbocycles. The molecule has 3 aromatic heterocycles. The summed E-state index contributed by atoms with van der Waals surface area (Å²) in [5.41, 5.74) is 6.30. The highest BCUT2D eigenvalue weighted by Gasteiger charge is 2.34. The summed E-state index contributed by atoms with van der Waals surface area (Å²) in [6.07, 6.45) is -2.33. The molecule has 188 valence electrons. The van der Waals surface area contributed by atoms with Crippen LogP contribution >= 0.6 is 0 Å². The van der Waals surface area contributed by atoms with Crippen LogP contribution in [0.2, 0.25) is 0 Å². The predicted molar refractivity (Wildman–Crippen MR) is 126 cm³/mol. The van der Waals surface area contributed by atoms with Crippen LogP contribution in [0.4, 0.5) is 24.9 Å². The lowest BCUT2D eigenvalue weighted by molar-refractivity contribution is -0.275. The molecule has 0 saturated carbocycles. The van der Waals surface area contributed by atoms with Crippen LogP contribution in [-0.4, -0.2) is 34.3 Å². The van der Waals surface area contributed by atoms with Crippen LogP contribution in [0.1, 0.15) is 19.9 Å². The van der Waals surface area contributed by atoms with E-state index in [2.05, 4.69) is 24.4 Å². The molecule has 0 aliphatic rings. The Morgan fingerprint density at radius 1 is 1.08 bits per heavy atom. The Bertz CT molecular complexity index is 1600. The maximum Gasteiger partial charge on any atom is 0.573 e. The average molecular weight is 520 g/mol. The van der Waals surface area contributed by atoms with Gasteiger partial charge < -0.3 is 10.5 Å². The molecular formula is C22H19F3N6O4S. The first-order chi connectivity index (χ1) is 16.9. The van der Waals surface area contributed by atoms with Crippen molar-refractivity contribution in [2.24, 2.45) is 0 Å². The molecule has 3 N–H and O–H groups in total. The van der Waals surface area contributed by atoms with E-state index in [-0.39, 0.29) is 28.9 Å². The number of nitrogens with zero attached hydrogens (tertiary/aromatic N) is 4. The number of halogens is 3. The molecule has 14 heteroatoms. The second kappa shape index (κ2) is 9.11. The molecule has 0 radical (unpaired) electrons. The molecule has 0 spiro atoms. The second-order valence-electron chi connectivity index (χ2n) is 7.87. The number of alkyl halides is 3. The molecule has 3 heterocycles. The lowest BCUT2D eigenvalue weighted by Gasteiger charge is -2.16. The van der Waals surface area contributed by atoms with Gasteiger partial charge in [0.15, 0.2) is 0 Å². The van der Waals surface area contributed by atoms with Gasteiger partial charge in [-0.1, -0.05) is 12.1 Å². The van der Waals surface area contributed by atoms with E-state index in [1.165, 1.54) is 41.2 Å². The number of sulfonamides is 1. The molecule has 36 heavy (non-hydrogen) atoms. The van der Waals surface area contributed by atoms with E-state index < -0.39 is 27.0 Å². The van der Waals surface area contributed by atoms with Crippen LogP contribution < -0.4 is 20.8 Å². The fourth-order valence-corrected chi connectivity index (χ4v) is 4.64. The van der Waals surface area contributed by atoms with Crippen molar-refractivity contribution in [2.75, 3.05) is 10.5 Å².